The van der Waals surface area contributed by atoms with Crippen LogP contribution in [0.2, 0.25) is 0 Å². The Morgan fingerprint density at radius 2 is 1.88 bits per heavy atom. The van der Waals surface area contributed by atoms with E-state index in [2.05, 4.69) is 18.2 Å². The summed E-state index contributed by atoms with van der Waals surface area (Å²) in [6, 6.07) is 19.1. The molecule has 0 bridgehead atoms. The number of rotatable bonds is 7. The molecule has 0 aliphatic rings. The molecule has 0 heterocycles. The van der Waals surface area contributed by atoms with Crippen molar-refractivity contribution in [2.45, 2.75) is 25.3 Å². The number of carbonyl (C=O) groups excluding carboxylic acids is 1. The molecule has 2 aromatic carbocycles. The fourth-order valence-corrected chi connectivity index (χ4v) is 2.76. The van der Waals surface area contributed by atoms with Gasteiger partial charge in [0, 0.05) is 6.04 Å². The third-order valence-corrected chi connectivity index (χ3v) is 4.14. The normalized spacial score (nSPS) is 12.9. The van der Waals surface area contributed by atoms with Gasteiger partial charge in [-0.1, -0.05) is 42.5 Å². The van der Waals surface area contributed by atoms with Crippen molar-refractivity contribution in [2.24, 2.45) is 11.7 Å². The van der Waals surface area contributed by atoms with Crippen LogP contribution >= 0.6 is 0 Å². The van der Waals surface area contributed by atoms with E-state index < -0.39 is 5.92 Å². The minimum absolute atomic E-state index is 0.302. The second-order valence-corrected chi connectivity index (χ2v) is 5.83. The summed E-state index contributed by atoms with van der Waals surface area (Å²) in [5.74, 6) is -0.731. The summed E-state index contributed by atoms with van der Waals surface area (Å²) < 4.78 is 4.93. The molecule has 0 saturated carbocycles. The van der Waals surface area contributed by atoms with Crippen molar-refractivity contribution in [1.82, 2.24) is 0 Å². The first-order chi connectivity index (χ1) is 11.6. The lowest BCUT2D eigenvalue weighted by Gasteiger charge is -2.22. The molecule has 2 unspecified atom stereocenters. The van der Waals surface area contributed by atoms with Crippen molar-refractivity contribution >= 4 is 5.97 Å². The maximum Gasteiger partial charge on any atom is 0.310 e. The Morgan fingerprint density at radius 1 is 1.17 bits per heavy atom. The number of methoxy groups -OCH3 is 1. The zero-order valence-electron chi connectivity index (χ0n) is 13.8. The summed E-state index contributed by atoms with van der Waals surface area (Å²) in [5, 5.41) is 9.00. The Bertz CT molecular complexity index is 707. The third-order valence-electron chi connectivity index (χ3n) is 4.14. The number of esters is 1. The molecule has 2 aromatic rings. The Morgan fingerprint density at radius 3 is 2.54 bits per heavy atom. The van der Waals surface area contributed by atoms with Crippen LogP contribution in [0.15, 0.2) is 54.6 Å². The lowest BCUT2D eigenvalue weighted by atomic mass is 9.88. The largest absolute Gasteiger partial charge is 0.469 e. The van der Waals surface area contributed by atoms with Gasteiger partial charge in [0.25, 0.3) is 0 Å². The van der Waals surface area contributed by atoms with Crippen molar-refractivity contribution in [3.05, 3.63) is 71.3 Å². The van der Waals surface area contributed by atoms with Crippen molar-refractivity contribution in [2.75, 3.05) is 7.11 Å². The molecule has 0 aromatic heterocycles. The number of carbonyl (C=O) groups is 1. The first-order valence-electron chi connectivity index (χ1n) is 8.00. The number of benzene rings is 2. The summed E-state index contributed by atoms with van der Waals surface area (Å²) in [5.41, 5.74) is 8.99. The van der Waals surface area contributed by atoms with Gasteiger partial charge in [-0.05, 0) is 42.5 Å². The van der Waals surface area contributed by atoms with Crippen LogP contribution in [0.5, 0.6) is 0 Å². The molecule has 0 spiro atoms. The standard InChI is InChI=1S/C20H22N2O2/c1-24-20(23)18(13-16-8-5-9-17(12-16)14-21)19(22)11-10-15-6-3-2-4-7-15/h2-9,12,18-19H,10-11,13,22H2,1H3. The van der Waals surface area contributed by atoms with E-state index in [1.165, 1.54) is 12.7 Å². The fourth-order valence-electron chi connectivity index (χ4n) is 2.76. The van der Waals surface area contributed by atoms with Gasteiger partial charge < -0.3 is 10.5 Å². The molecule has 2 N–H and O–H groups in total. The van der Waals surface area contributed by atoms with Gasteiger partial charge in [-0.15, -0.1) is 0 Å². The molecule has 2 atom stereocenters. The predicted molar refractivity (Wildman–Crippen MR) is 93.1 cm³/mol. The quantitative estimate of drug-likeness (QED) is 0.795. The Labute approximate surface area is 142 Å². The van der Waals surface area contributed by atoms with Crippen LogP contribution in [-0.2, 0) is 22.4 Å². The number of nitrogens with zero attached hydrogens (tertiary/aromatic N) is 1. The average molecular weight is 322 g/mol. The molecule has 0 radical (unpaired) electrons. The number of aryl methyl sites for hydroxylation is 1. The summed E-state index contributed by atoms with van der Waals surface area (Å²) in [6.07, 6.45) is 1.98. The smallest absolute Gasteiger partial charge is 0.310 e. The van der Waals surface area contributed by atoms with E-state index in [4.69, 9.17) is 15.7 Å². The number of nitriles is 1. The fraction of sp³-hybridized carbons (Fsp3) is 0.300. The molecule has 4 nitrogen and oxygen atoms in total. The van der Waals surface area contributed by atoms with Crippen molar-refractivity contribution in [3.8, 4) is 6.07 Å². The number of hydrogen-bond acceptors (Lipinski definition) is 4. The predicted octanol–water partition coefficient (Wildman–Crippen LogP) is 2.85. The van der Waals surface area contributed by atoms with Crippen molar-refractivity contribution in [1.29, 1.82) is 5.26 Å². The van der Waals surface area contributed by atoms with Gasteiger partial charge >= 0.3 is 5.97 Å². The molecule has 2 rings (SSSR count). The number of hydrogen-bond donors (Lipinski definition) is 1. The first-order valence-corrected chi connectivity index (χ1v) is 8.00. The van der Waals surface area contributed by atoms with Crippen LogP contribution < -0.4 is 5.73 Å². The van der Waals surface area contributed by atoms with E-state index in [1.54, 1.807) is 12.1 Å². The van der Waals surface area contributed by atoms with Crippen LogP contribution in [0.3, 0.4) is 0 Å². The van der Waals surface area contributed by atoms with Crippen LogP contribution in [0.4, 0.5) is 0 Å². The summed E-state index contributed by atoms with van der Waals surface area (Å²) in [7, 11) is 1.38. The zero-order valence-corrected chi connectivity index (χ0v) is 13.8. The molecule has 24 heavy (non-hydrogen) atoms. The van der Waals surface area contributed by atoms with Gasteiger partial charge in [-0.2, -0.15) is 5.26 Å². The maximum atomic E-state index is 12.2. The van der Waals surface area contributed by atoms with E-state index in [0.717, 1.165) is 12.0 Å². The zero-order chi connectivity index (χ0) is 17.4. The summed E-state index contributed by atoms with van der Waals surface area (Å²) in [4.78, 5) is 12.2. The van der Waals surface area contributed by atoms with E-state index in [-0.39, 0.29) is 12.0 Å². The SMILES string of the molecule is COC(=O)C(Cc1cccc(C#N)c1)C(N)CCc1ccccc1. The summed E-state index contributed by atoms with van der Waals surface area (Å²) >= 11 is 0. The highest BCUT2D eigenvalue weighted by molar-refractivity contribution is 5.73. The van der Waals surface area contributed by atoms with Gasteiger partial charge in [-0.3, -0.25) is 4.79 Å². The highest BCUT2D eigenvalue weighted by atomic mass is 16.5. The van der Waals surface area contributed by atoms with Gasteiger partial charge in [0.15, 0.2) is 0 Å². The molecule has 0 amide bonds. The van der Waals surface area contributed by atoms with Crippen LogP contribution in [-0.4, -0.2) is 19.1 Å². The lowest BCUT2D eigenvalue weighted by Crippen LogP contribution is -2.38. The Hall–Kier alpha value is -2.64. The molecular formula is C20H22N2O2. The van der Waals surface area contributed by atoms with Crippen molar-refractivity contribution in [3.63, 3.8) is 0 Å². The Balaban J connectivity index is 2.06. The average Bonchev–Trinajstić information content (AvgIpc) is 2.64. The minimum Gasteiger partial charge on any atom is -0.469 e. The summed E-state index contributed by atoms with van der Waals surface area (Å²) in [6.45, 7) is 0. The number of nitrogens with two attached hydrogens (primary N) is 1. The first kappa shape index (κ1) is 17.7. The van der Waals surface area contributed by atoms with Crippen LogP contribution in [0.1, 0.15) is 23.1 Å². The van der Waals surface area contributed by atoms with Gasteiger partial charge in [-0.25, -0.2) is 0 Å². The Kier molecular flexibility index (Phi) is 6.53. The van der Waals surface area contributed by atoms with Gasteiger partial charge in [0.05, 0.1) is 24.7 Å². The van der Waals surface area contributed by atoms with E-state index in [0.29, 0.717) is 18.4 Å². The maximum absolute atomic E-state index is 12.2. The molecule has 124 valence electrons. The van der Waals surface area contributed by atoms with Crippen LogP contribution in [0, 0.1) is 17.2 Å². The van der Waals surface area contributed by atoms with Crippen molar-refractivity contribution < 1.29 is 9.53 Å². The highest BCUT2D eigenvalue weighted by Crippen LogP contribution is 2.18. The van der Waals surface area contributed by atoms with Gasteiger partial charge in [0.1, 0.15) is 0 Å². The van der Waals surface area contributed by atoms with Gasteiger partial charge in [0.2, 0.25) is 0 Å². The van der Waals surface area contributed by atoms with Crippen LogP contribution in [0.25, 0.3) is 0 Å². The minimum atomic E-state index is -0.423. The number of ether oxygens (including phenoxy) is 1. The highest BCUT2D eigenvalue weighted by Gasteiger charge is 2.26. The van der Waals surface area contributed by atoms with E-state index >= 15 is 0 Å². The monoisotopic (exact) mass is 322 g/mol. The third kappa shape index (κ3) is 4.94. The molecule has 0 saturated heterocycles. The molecule has 0 aliphatic heterocycles. The second kappa shape index (κ2) is 8.85. The lowest BCUT2D eigenvalue weighted by molar-refractivity contribution is -0.146. The van der Waals surface area contributed by atoms with E-state index in [1.807, 2.05) is 30.3 Å². The molecule has 4 heteroatoms. The second-order valence-electron chi connectivity index (χ2n) is 5.83. The molecular weight excluding hydrogens is 300 g/mol. The topological polar surface area (TPSA) is 76.1 Å². The molecule has 0 aliphatic carbocycles. The molecule has 0 fully saturated rings. The van der Waals surface area contributed by atoms with E-state index in [9.17, 15) is 4.79 Å².